The summed E-state index contributed by atoms with van der Waals surface area (Å²) in [6.07, 6.45) is 0.0725. The lowest BCUT2D eigenvalue weighted by Crippen LogP contribution is -2.25. The number of hydrogen-bond donors (Lipinski definition) is 0. The highest BCUT2D eigenvalue weighted by atomic mass is 16.7. The first kappa shape index (κ1) is 16.2. The molecule has 0 heterocycles. The normalized spacial score (nSPS) is 12.4. The van der Waals surface area contributed by atoms with Gasteiger partial charge in [-0.05, 0) is 26.2 Å². The Balaban J connectivity index is 3.44. The number of carbonyl (C=O) groups excluding carboxylic acids is 1. The molecule has 0 spiro atoms. The molecule has 102 valence electrons. The zero-order valence-corrected chi connectivity index (χ0v) is 12.0. The smallest absolute Gasteiger partial charge is 0.434 e. The van der Waals surface area contributed by atoms with Crippen LogP contribution in [0.5, 0.6) is 0 Å². The maximum Gasteiger partial charge on any atom is 0.508 e. The molecule has 0 aliphatic carbocycles. The van der Waals surface area contributed by atoms with Gasteiger partial charge in [-0.15, -0.1) is 0 Å². The van der Waals surface area contributed by atoms with E-state index in [2.05, 4.69) is 20.8 Å². The molecule has 0 radical (unpaired) electrons. The fourth-order valence-electron chi connectivity index (χ4n) is 0.974. The van der Waals surface area contributed by atoms with Gasteiger partial charge in [-0.2, -0.15) is 0 Å². The van der Waals surface area contributed by atoms with Crippen LogP contribution >= 0.6 is 0 Å². The van der Waals surface area contributed by atoms with E-state index in [1.165, 1.54) is 0 Å². The fourth-order valence-corrected chi connectivity index (χ4v) is 0.974. The highest BCUT2D eigenvalue weighted by molar-refractivity contribution is 5.60. The molecule has 17 heavy (non-hydrogen) atoms. The lowest BCUT2D eigenvalue weighted by atomic mass is 9.99. The minimum atomic E-state index is -0.617. The van der Waals surface area contributed by atoms with E-state index >= 15 is 0 Å². The quantitative estimate of drug-likeness (QED) is 0.551. The summed E-state index contributed by atoms with van der Waals surface area (Å²) in [6, 6.07) is 0. The van der Waals surface area contributed by atoms with Gasteiger partial charge in [0.25, 0.3) is 0 Å². The molecule has 0 aliphatic heterocycles. The third kappa shape index (κ3) is 13.2. The van der Waals surface area contributed by atoms with Gasteiger partial charge in [-0.3, -0.25) is 0 Å². The molecule has 0 bridgehead atoms. The molecular weight excluding hydrogens is 220 g/mol. The topological polar surface area (TPSA) is 44.8 Å². The number of ether oxygens (including phenoxy) is 3. The maximum absolute atomic E-state index is 11.2. The highest BCUT2D eigenvalue weighted by Crippen LogP contribution is 2.12. The van der Waals surface area contributed by atoms with Crippen molar-refractivity contribution in [3.63, 3.8) is 0 Å². The van der Waals surface area contributed by atoms with Crippen LogP contribution in [-0.4, -0.2) is 31.6 Å². The summed E-state index contributed by atoms with van der Waals surface area (Å²) < 4.78 is 15.4. The summed E-state index contributed by atoms with van der Waals surface area (Å²) in [6.45, 7) is 13.4. The van der Waals surface area contributed by atoms with Crippen molar-refractivity contribution < 1.29 is 19.0 Å². The largest absolute Gasteiger partial charge is 0.508 e. The van der Waals surface area contributed by atoms with E-state index in [1.54, 1.807) is 20.8 Å². The monoisotopic (exact) mass is 246 g/mol. The first-order valence-electron chi connectivity index (χ1n) is 6.04. The van der Waals surface area contributed by atoms with E-state index in [0.29, 0.717) is 26.2 Å². The number of hydrogen-bond acceptors (Lipinski definition) is 4. The minimum absolute atomic E-state index is 0.173. The van der Waals surface area contributed by atoms with Gasteiger partial charge in [0.15, 0.2) is 0 Å². The molecule has 0 saturated heterocycles. The van der Waals surface area contributed by atoms with E-state index in [4.69, 9.17) is 14.2 Å². The van der Waals surface area contributed by atoms with E-state index in [1.807, 2.05) is 0 Å². The predicted molar refractivity (Wildman–Crippen MR) is 67.1 cm³/mol. The Labute approximate surface area is 105 Å². The molecule has 4 heteroatoms. The van der Waals surface area contributed by atoms with Crippen molar-refractivity contribution in [3.8, 4) is 0 Å². The fraction of sp³-hybridized carbons (Fsp3) is 0.923. The summed E-state index contributed by atoms with van der Waals surface area (Å²) in [5.41, 5.74) is -0.328. The zero-order valence-electron chi connectivity index (χ0n) is 12.0. The van der Waals surface area contributed by atoms with Gasteiger partial charge in [0.1, 0.15) is 5.60 Å². The zero-order chi connectivity index (χ0) is 13.5. The first-order chi connectivity index (χ1) is 7.60. The van der Waals surface area contributed by atoms with E-state index in [0.717, 1.165) is 0 Å². The van der Waals surface area contributed by atoms with Gasteiger partial charge < -0.3 is 14.2 Å². The second-order valence-electron chi connectivity index (χ2n) is 6.28. The SMILES string of the molecule is CC(C)(C)COCCCOC(=O)OC(C)(C)C. The van der Waals surface area contributed by atoms with Crippen LogP contribution in [0.4, 0.5) is 4.79 Å². The van der Waals surface area contributed by atoms with Crippen molar-refractivity contribution in [1.29, 1.82) is 0 Å². The molecule has 0 aliphatic rings. The molecule has 0 aromatic heterocycles. The van der Waals surface area contributed by atoms with E-state index in [9.17, 15) is 4.79 Å². The molecule has 4 nitrogen and oxygen atoms in total. The Morgan fingerprint density at radius 2 is 1.59 bits per heavy atom. The average Bonchev–Trinajstić information content (AvgIpc) is 2.06. The third-order valence-electron chi connectivity index (χ3n) is 1.58. The Morgan fingerprint density at radius 3 is 2.06 bits per heavy atom. The van der Waals surface area contributed by atoms with E-state index in [-0.39, 0.29) is 5.41 Å². The Morgan fingerprint density at radius 1 is 1.00 bits per heavy atom. The predicted octanol–water partition coefficient (Wildman–Crippen LogP) is 3.39. The van der Waals surface area contributed by atoms with Crippen molar-refractivity contribution in [2.24, 2.45) is 5.41 Å². The molecule has 0 amide bonds. The van der Waals surface area contributed by atoms with Crippen LogP contribution in [0.2, 0.25) is 0 Å². The van der Waals surface area contributed by atoms with Crippen LogP contribution in [0.25, 0.3) is 0 Å². The van der Waals surface area contributed by atoms with Crippen LogP contribution in [0.1, 0.15) is 48.0 Å². The molecule has 0 unspecified atom stereocenters. The maximum atomic E-state index is 11.2. The van der Waals surface area contributed by atoms with Gasteiger partial charge in [0.2, 0.25) is 0 Å². The molecular formula is C13H26O4. The van der Waals surface area contributed by atoms with Crippen molar-refractivity contribution in [2.75, 3.05) is 19.8 Å². The van der Waals surface area contributed by atoms with Crippen LogP contribution in [0.15, 0.2) is 0 Å². The van der Waals surface area contributed by atoms with Crippen LogP contribution < -0.4 is 0 Å². The van der Waals surface area contributed by atoms with Gasteiger partial charge in [0.05, 0.1) is 13.2 Å². The Bertz CT molecular complexity index is 223. The lowest BCUT2D eigenvalue weighted by molar-refractivity contribution is -0.0122. The van der Waals surface area contributed by atoms with Crippen molar-refractivity contribution >= 4 is 6.16 Å². The highest BCUT2D eigenvalue weighted by Gasteiger charge is 2.17. The first-order valence-corrected chi connectivity index (χ1v) is 6.04. The molecule has 0 aromatic rings. The minimum Gasteiger partial charge on any atom is -0.434 e. The van der Waals surface area contributed by atoms with Crippen LogP contribution in [0, 0.1) is 5.41 Å². The van der Waals surface area contributed by atoms with Gasteiger partial charge in [-0.25, -0.2) is 4.79 Å². The Hall–Kier alpha value is -0.770. The van der Waals surface area contributed by atoms with Crippen molar-refractivity contribution in [1.82, 2.24) is 0 Å². The van der Waals surface area contributed by atoms with Crippen molar-refractivity contribution in [2.45, 2.75) is 53.6 Å². The molecule has 0 saturated carbocycles. The number of rotatable bonds is 5. The van der Waals surface area contributed by atoms with Crippen LogP contribution in [-0.2, 0) is 14.2 Å². The van der Waals surface area contributed by atoms with Gasteiger partial charge in [-0.1, -0.05) is 20.8 Å². The van der Waals surface area contributed by atoms with Crippen LogP contribution in [0.3, 0.4) is 0 Å². The van der Waals surface area contributed by atoms with Crippen molar-refractivity contribution in [3.05, 3.63) is 0 Å². The Kier molecular flexibility index (Phi) is 6.53. The van der Waals surface area contributed by atoms with Gasteiger partial charge in [0, 0.05) is 13.0 Å². The summed E-state index contributed by atoms with van der Waals surface area (Å²) in [7, 11) is 0. The molecule has 0 aromatic carbocycles. The molecule has 0 atom stereocenters. The number of carbonyl (C=O) groups is 1. The molecule has 0 N–H and O–H groups in total. The molecule has 0 rings (SSSR count). The lowest BCUT2D eigenvalue weighted by Gasteiger charge is -2.19. The third-order valence-corrected chi connectivity index (χ3v) is 1.58. The standard InChI is InChI=1S/C13H26O4/c1-12(2,3)10-15-8-7-9-16-11(14)17-13(4,5)6/h7-10H2,1-6H3. The average molecular weight is 246 g/mol. The van der Waals surface area contributed by atoms with Gasteiger partial charge >= 0.3 is 6.16 Å². The summed E-state index contributed by atoms with van der Waals surface area (Å²) in [5, 5.41) is 0. The second-order valence-corrected chi connectivity index (χ2v) is 6.28. The van der Waals surface area contributed by atoms with E-state index < -0.39 is 11.8 Å². The molecule has 0 fully saturated rings. The summed E-state index contributed by atoms with van der Waals surface area (Å²) in [5.74, 6) is 0. The second kappa shape index (κ2) is 6.84. The summed E-state index contributed by atoms with van der Waals surface area (Å²) >= 11 is 0. The summed E-state index contributed by atoms with van der Waals surface area (Å²) in [4.78, 5) is 11.2.